The van der Waals surface area contributed by atoms with Gasteiger partial charge >= 0.3 is 11.9 Å². The zero-order valence-corrected chi connectivity index (χ0v) is 41.3. The number of esters is 2. The molecule has 8 nitrogen and oxygen atoms in total. The number of anilines is 1. The van der Waals surface area contributed by atoms with Crippen LogP contribution in [0, 0.1) is 0 Å². The van der Waals surface area contributed by atoms with E-state index in [4.69, 9.17) is 9.47 Å². The third-order valence-electron chi connectivity index (χ3n) is 12.1. The number of hydrogen-bond acceptors (Lipinski definition) is 8. The Labute approximate surface area is 376 Å². The summed E-state index contributed by atoms with van der Waals surface area (Å²) in [4.78, 5) is 51.4. The van der Waals surface area contributed by atoms with Crippen molar-refractivity contribution in [2.45, 2.75) is 272 Å². The van der Waals surface area contributed by atoms with Crippen LogP contribution in [-0.2, 0) is 25.5 Å². The smallest absolute Gasteiger partial charge is 0.306 e. The molecule has 0 aliphatic rings. The maximum Gasteiger partial charge on any atom is 0.306 e. The van der Waals surface area contributed by atoms with Crippen molar-refractivity contribution >= 4 is 17.6 Å². The molecule has 1 rings (SSSR count). The summed E-state index contributed by atoms with van der Waals surface area (Å²) < 4.78 is 11.5. The fourth-order valence-electron chi connectivity index (χ4n) is 8.21. The molecule has 0 unspecified atom stereocenters. The number of ether oxygens (including phenoxy) is 2. The lowest BCUT2D eigenvalue weighted by atomic mass is 10.0. The first-order valence-corrected chi connectivity index (χ1v) is 26.5. The lowest BCUT2D eigenvalue weighted by molar-refractivity contribution is -0.150. The first kappa shape index (κ1) is 58.8. The van der Waals surface area contributed by atoms with Gasteiger partial charge in [0.15, 0.2) is 0 Å². The van der Waals surface area contributed by atoms with E-state index in [0.29, 0.717) is 43.7 Å². The molecule has 61 heavy (non-hydrogen) atoms. The highest BCUT2D eigenvalue weighted by molar-refractivity contribution is 5.69. The van der Waals surface area contributed by atoms with Gasteiger partial charge < -0.3 is 19.7 Å². The number of hydrogen-bond donors (Lipinski definition) is 1. The first-order valence-electron chi connectivity index (χ1n) is 26.5. The Balaban J connectivity index is 0.0000177. The second-order valence-electron chi connectivity index (χ2n) is 17.6. The van der Waals surface area contributed by atoms with Crippen LogP contribution < -0.4 is 16.2 Å². The van der Waals surface area contributed by atoms with Gasteiger partial charge in [0, 0.05) is 24.9 Å². The maximum atomic E-state index is 12.8. The van der Waals surface area contributed by atoms with Crippen molar-refractivity contribution in [3.05, 3.63) is 26.0 Å². The highest BCUT2D eigenvalue weighted by atomic mass is 16.5. The molecule has 0 saturated carbocycles. The van der Waals surface area contributed by atoms with E-state index >= 15 is 0 Å². The average molecular weight is 861 g/mol. The second kappa shape index (κ2) is 44.4. The standard InChI is InChI=1S/C51H94N2O6.C2H6/c1-5-9-12-15-18-27-34-44-58-47(54)38-30-23-19-25-32-41-53(43-35-40-52-49-46(8-4)50(56)51(49)57)42-33-26-20-24-31-39-48(55)59-45(36-28-21-16-13-10-6-2)37-29-22-17-14-11-7-3;1-2/h45,52H,5-44H2,1-4H3;1-2H3. The molecule has 0 aliphatic carbocycles. The molecule has 1 aromatic carbocycles. The Kier molecular flexibility index (Phi) is 42.8. The summed E-state index contributed by atoms with van der Waals surface area (Å²) in [5.74, 6) is -0.0444. The Bertz CT molecular complexity index is 1180. The monoisotopic (exact) mass is 861 g/mol. The van der Waals surface area contributed by atoms with E-state index < -0.39 is 0 Å². The molecule has 0 radical (unpaired) electrons. The molecule has 0 fully saturated rings. The van der Waals surface area contributed by atoms with Gasteiger partial charge in [-0.15, -0.1) is 0 Å². The summed E-state index contributed by atoms with van der Waals surface area (Å²) in [6.07, 6.45) is 39.3. The number of carbonyl (C=O) groups is 2. The van der Waals surface area contributed by atoms with E-state index in [1.807, 2.05) is 20.8 Å². The van der Waals surface area contributed by atoms with Gasteiger partial charge in [0.05, 0.1) is 12.3 Å². The number of rotatable bonds is 45. The van der Waals surface area contributed by atoms with E-state index in [2.05, 4.69) is 31.0 Å². The van der Waals surface area contributed by atoms with Crippen LogP contribution in [0.4, 0.5) is 5.69 Å². The van der Waals surface area contributed by atoms with Gasteiger partial charge in [-0.2, -0.15) is 0 Å². The fraction of sp³-hybridized carbons (Fsp3) is 0.887. The fourth-order valence-corrected chi connectivity index (χ4v) is 8.21. The van der Waals surface area contributed by atoms with Gasteiger partial charge in [0.1, 0.15) is 6.10 Å². The van der Waals surface area contributed by atoms with Gasteiger partial charge in [-0.3, -0.25) is 19.2 Å². The Hall–Kier alpha value is -2.22. The second-order valence-corrected chi connectivity index (χ2v) is 17.6. The Morgan fingerprint density at radius 3 is 1.39 bits per heavy atom. The first-order chi connectivity index (χ1) is 29.9. The van der Waals surface area contributed by atoms with Crippen molar-refractivity contribution in [1.29, 1.82) is 0 Å². The van der Waals surface area contributed by atoms with Crippen LogP contribution in [-0.4, -0.2) is 55.7 Å². The Morgan fingerprint density at radius 2 is 0.902 bits per heavy atom. The lowest BCUT2D eigenvalue weighted by Gasteiger charge is -2.23. The summed E-state index contributed by atoms with van der Waals surface area (Å²) >= 11 is 0. The molecule has 0 spiro atoms. The molecular formula is C53H100N2O6. The minimum absolute atomic E-state index is 0.000253. The van der Waals surface area contributed by atoms with E-state index in [9.17, 15) is 19.2 Å². The number of nitrogens with zero attached hydrogens (tertiary/aromatic N) is 1. The van der Waals surface area contributed by atoms with Gasteiger partial charge in [-0.1, -0.05) is 183 Å². The molecule has 0 heterocycles. The topological polar surface area (TPSA) is 102 Å². The third-order valence-corrected chi connectivity index (χ3v) is 12.1. The quantitative estimate of drug-likeness (QED) is 0.0393. The van der Waals surface area contributed by atoms with Gasteiger partial charge in [-0.05, 0) is 90.3 Å². The molecular weight excluding hydrogens is 761 g/mol. The summed E-state index contributed by atoms with van der Waals surface area (Å²) in [6.45, 7) is 17.0. The predicted octanol–water partition coefficient (Wildman–Crippen LogP) is 14.4. The van der Waals surface area contributed by atoms with Crippen LogP contribution in [0.3, 0.4) is 0 Å². The SMILES string of the molecule is CC.CCCCCCCCCOC(=O)CCCCCCCN(CCCCCCCC(=O)OC(CCCCCCCC)CCCCCCCC)CCCNc1c(CC)c(=O)c1=O. The van der Waals surface area contributed by atoms with Crippen molar-refractivity contribution in [1.82, 2.24) is 4.90 Å². The molecule has 0 aromatic heterocycles. The lowest BCUT2D eigenvalue weighted by Crippen LogP contribution is -2.38. The van der Waals surface area contributed by atoms with E-state index in [0.717, 1.165) is 116 Å². The number of unbranched alkanes of at least 4 members (excludes halogenated alkanes) is 24. The van der Waals surface area contributed by atoms with Crippen LogP contribution >= 0.6 is 0 Å². The van der Waals surface area contributed by atoms with Crippen molar-refractivity contribution < 1.29 is 19.1 Å². The molecule has 0 saturated heterocycles. The highest BCUT2D eigenvalue weighted by Gasteiger charge is 2.18. The summed E-state index contributed by atoms with van der Waals surface area (Å²) in [6, 6.07) is 0. The van der Waals surface area contributed by atoms with Crippen molar-refractivity contribution in [3.63, 3.8) is 0 Å². The Morgan fingerprint density at radius 1 is 0.492 bits per heavy atom. The molecule has 8 heteroatoms. The molecule has 358 valence electrons. The average Bonchev–Trinajstić information content (AvgIpc) is 3.27. The van der Waals surface area contributed by atoms with Crippen LogP contribution in [0.1, 0.15) is 265 Å². The molecule has 0 bridgehead atoms. The molecule has 1 aromatic rings. The van der Waals surface area contributed by atoms with E-state index in [1.165, 1.54) is 109 Å². The predicted molar refractivity (Wildman–Crippen MR) is 262 cm³/mol. The minimum atomic E-state index is -0.366. The van der Waals surface area contributed by atoms with Gasteiger partial charge in [0.2, 0.25) is 10.9 Å². The zero-order valence-electron chi connectivity index (χ0n) is 41.3. The van der Waals surface area contributed by atoms with Crippen LogP contribution in [0.15, 0.2) is 9.59 Å². The summed E-state index contributed by atoms with van der Waals surface area (Å²) in [5, 5.41) is 3.24. The molecule has 0 atom stereocenters. The van der Waals surface area contributed by atoms with Crippen molar-refractivity contribution in [2.24, 2.45) is 0 Å². The summed E-state index contributed by atoms with van der Waals surface area (Å²) in [5.41, 5.74) is 0.475. The minimum Gasteiger partial charge on any atom is -0.466 e. The molecule has 1 N–H and O–H groups in total. The van der Waals surface area contributed by atoms with Crippen molar-refractivity contribution in [3.8, 4) is 0 Å². The normalized spacial score (nSPS) is 11.3. The van der Waals surface area contributed by atoms with E-state index in [-0.39, 0.29) is 28.9 Å². The molecule has 0 amide bonds. The maximum absolute atomic E-state index is 12.8. The van der Waals surface area contributed by atoms with Crippen LogP contribution in [0.25, 0.3) is 0 Å². The van der Waals surface area contributed by atoms with Crippen LogP contribution in [0.5, 0.6) is 0 Å². The van der Waals surface area contributed by atoms with Gasteiger partial charge in [0.25, 0.3) is 0 Å². The largest absolute Gasteiger partial charge is 0.466 e. The summed E-state index contributed by atoms with van der Waals surface area (Å²) in [7, 11) is 0. The van der Waals surface area contributed by atoms with Crippen molar-refractivity contribution in [2.75, 3.05) is 38.1 Å². The number of nitrogens with one attached hydrogen (secondary N) is 1. The number of carbonyl (C=O) groups excluding carboxylic acids is 2. The van der Waals surface area contributed by atoms with Crippen LogP contribution in [0.2, 0.25) is 0 Å². The highest BCUT2D eigenvalue weighted by Crippen LogP contribution is 2.19. The molecule has 0 aliphatic heterocycles. The third kappa shape index (κ3) is 33.9. The van der Waals surface area contributed by atoms with Gasteiger partial charge in [-0.25, -0.2) is 0 Å². The zero-order chi connectivity index (χ0) is 45.0. The van der Waals surface area contributed by atoms with E-state index in [1.54, 1.807) is 0 Å².